The van der Waals surface area contributed by atoms with Gasteiger partial charge in [-0.2, -0.15) is 28.5 Å². The van der Waals surface area contributed by atoms with Crippen LogP contribution in [0.25, 0.3) is 0 Å². The highest BCUT2D eigenvalue weighted by atomic mass is 32.2. The van der Waals surface area contributed by atoms with Crippen LogP contribution in [0.2, 0.25) is 0 Å². The lowest BCUT2D eigenvalue weighted by atomic mass is 9.88. The number of alkyl halides is 5. The van der Waals surface area contributed by atoms with E-state index in [4.69, 9.17) is 19.7 Å². The van der Waals surface area contributed by atoms with E-state index < -0.39 is 42.9 Å². The van der Waals surface area contributed by atoms with Crippen LogP contribution in [0, 0.1) is 32.6 Å². The van der Waals surface area contributed by atoms with Gasteiger partial charge in [0.25, 0.3) is 12.3 Å². The molecule has 4 aromatic carbocycles. The molecule has 0 unspecified atom stereocenters. The Balaban J connectivity index is 0.000000304. The predicted molar refractivity (Wildman–Crippen MR) is 425 cm³/mol. The van der Waals surface area contributed by atoms with Crippen LogP contribution in [0.4, 0.5) is 91.4 Å². The first kappa shape index (κ1) is 76.3. The molecule has 0 atom stereocenters. The van der Waals surface area contributed by atoms with Crippen LogP contribution in [0.15, 0.2) is 164 Å². The molecular weight excluding hydrogens is 1470 g/mol. The number of aryl methyl sites for hydroxylation is 3. The summed E-state index contributed by atoms with van der Waals surface area (Å²) < 4.78 is 69.3. The molecule has 584 valence electrons. The number of halogens is 5. The molecule has 3 aliphatic heterocycles. The standard InChI is InChI=1S/C28H34N8O3S.C25H23F2N7OS.C21H22F3N7OS.8H2/c1-17-12-23(34-33-17)30-22-13-24(36-15-28(16-36,19-6-7-19)39-25(37)14-35(2)3)32-27(31-22)40-21-10-8-20(9-11-21)29-26(38)18-4-5-18;1-15-13-21(33-32-15)29-20-14-22(34-11-4-12-34)31-25(30-20)36-17-9-7-16(8-10-17)28-24(35)19-6-3-2-5-18(19)23(26)27;1-13-11-17(30-29-13)26-16-12-18(31-9-2-10-31)28-20(27-16)33-15-5-3-14(4-6-15)25-19(32)7-8-21(22,23)24;;;;;;;;/h8-13,18-19H,4-7,14-16H2,1-3H3,(H,29,38)(H2,30,31,32,33,34);2-3,5-10,13-14,23H,4,11-12H2,1H3,(H,28,35)(H2,29,30,31,32,33);3-6,11-12H,2,7-10H2,1H3,(H,25,32)(H2,26,27,28,29,30);8*1H. The number of aromatic amines is 3. The topological polar surface area (TPSA) is 326 Å². The van der Waals surface area contributed by atoms with Gasteiger partial charge < -0.3 is 51.3 Å². The van der Waals surface area contributed by atoms with Gasteiger partial charge in [-0.1, -0.05) is 18.2 Å². The van der Waals surface area contributed by atoms with E-state index in [1.54, 1.807) is 42.5 Å². The molecule has 109 heavy (non-hydrogen) atoms. The number of H-pyrrole nitrogens is 3. The van der Waals surface area contributed by atoms with Gasteiger partial charge in [0, 0.05) is 152 Å². The van der Waals surface area contributed by atoms with Crippen molar-refractivity contribution in [3.8, 4) is 0 Å². The molecule has 5 aliphatic rings. The van der Waals surface area contributed by atoms with Crippen molar-refractivity contribution in [2.75, 3.05) is 107 Å². The number of esters is 1. The van der Waals surface area contributed by atoms with Crippen molar-refractivity contribution in [3.05, 3.63) is 162 Å². The Morgan fingerprint density at radius 3 is 1.36 bits per heavy atom. The average Bonchev–Trinajstić information content (AvgIpc) is 1.60. The average molecular weight is 1560 g/mol. The van der Waals surface area contributed by atoms with Crippen LogP contribution in [-0.4, -0.2) is 161 Å². The van der Waals surface area contributed by atoms with Gasteiger partial charge in [-0.3, -0.25) is 39.4 Å². The molecular formula is C74H95F5N22O5S3. The number of ether oxygens (including phenoxy) is 1. The van der Waals surface area contributed by atoms with E-state index in [9.17, 15) is 41.1 Å². The second-order valence-electron chi connectivity index (χ2n) is 27.1. The zero-order valence-electron chi connectivity index (χ0n) is 60.0. The van der Waals surface area contributed by atoms with Gasteiger partial charge in [-0.25, -0.2) is 38.7 Å². The third kappa shape index (κ3) is 21.5. The van der Waals surface area contributed by atoms with Gasteiger partial charge in [0.2, 0.25) is 11.8 Å². The number of hydrogen-bond donors (Lipinski definition) is 9. The van der Waals surface area contributed by atoms with E-state index >= 15 is 0 Å². The van der Waals surface area contributed by atoms with Crippen LogP contribution >= 0.6 is 35.3 Å². The lowest BCUT2D eigenvalue weighted by molar-refractivity contribution is -0.166. The number of aromatic nitrogens is 12. The molecule has 3 amide bonds. The van der Waals surface area contributed by atoms with Crippen molar-refractivity contribution in [1.29, 1.82) is 0 Å². The number of carbonyl (C=O) groups is 4. The van der Waals surface area contributed by atoms with E-state index in [2.05, 4.69) is 92.1 Å². The number of likely N-dealkylation sites (N-methyl/N-ethyl adjacent to an activating group) is 1. The van der Waals surface area contributed by atoms with Gasteiger partial charge in [0.15, 0.2) is 32.9 Å². The molecule has 35 heteroatoms. The van der Waals surface area contributed by atoms with Gasteiger partial charge >= 0.3 is 12.1 Å². The number of nitrogens with one attached hydrogen (secondary N) is 9. The summed E-state index contributed by atoms with van der Waals surface area (Å²) >= 11 is 4.18. The van der Waals surface area contributed by atoms with E-state index in [1.165, 1.54) is 53.5 Å². The number of benzene rings is 4. The highest BCUT2D eigenvalue weighted by Crippen LogP contribution is 2.49. The maximum Gasteiger partial charge on any atom is 0.389 e. The highest BCUT2D eigenvalue weighted by molar-refractivity contribution is 7.99. The zero-order chi connectivity index (χ0) is 76.3. The summed E-state index contributed by atoms with van der Waals surface area (Å²) in [7, 11) is 3.73. The minimum absolute atomic E-state index is 0. The van der Waals surface area contributed by atoms with Gasteiger partial charge in [0.05, 0.1) is 26.1 Å². The van der Waals surface area contributed by atoms with E-state index in [-0.39, 0.29) is 46.9 Å². The molecule has 9 heterocycles. The Bertz CT molecular complexity index is 4880. The van der Waals surface area contributed by atoms with Crippen molar-refractivity contribution in [1.82, 2.24) is 65.4 Å². The summed E-state index contributed by atoms with van der Waals surface area (Å²) in [5.74, 6) is 5.50. The van der Waals surface area contributed by atoms with Crippen LogP contribution in [-0.2, 0) is 19.1 Å². The second kappa shape index (κ2) is 34.1. The Morgan fingerprint density at radius 1 is 0.560 bits per heavy atom. The molecule has 5 fully saturated rings. The summed E-state index contributed by atoms with van der Waals surface area (Å²) in [5.41, 5.74) is 3.72. The first-order valence-electron chi connectivity index (χ1n) is 35.3. The van der Waals surface area contributed by atoms with Crippen LogP contribution in [0.1, 0.15) is 102 Å². The van der Waals surface area contributed by atoms with Crippen molar-refractivity contribution in [2.45, 2.75) is 120 Å². The van der Waals surface area contributed by atoms with Crippen molar-refractivity contribution >= 4 is 128 Å². The molecule has 0 radical (unpaired) electrons. The third-order valence-electron chi connectivity index (χ3n) is 17.7. The van der Waals surface area contributed by atoms with Crippen LogP contribution < -0.4 is 46.6 Å². The van der Waals surface area contributed by atoms with E-state index in [1.807, 2.05) is 113 Å². The summed E-state index contributed by atoms with van der Waals surface area (Å²) in [4.78, 5) is 88.0. The number of carbonyl (C=O) groups excluding carboxylic acids is 4. The number of amides is 3. The maximum absolute atomic E-state index is 13.2. The molecule has 3 saturated heterocycles. The molecule has 9 N–H and O–H groups in total. The Hall–Kier alpha value is -10.9. The smallest absolute Gasteiger partial charge is 0.389 e. The normalized spacial score (nSPS) is 14.9. The number of anilines is 12. The minimum atomic E-state index is -4.36. The number of hydrogen-bond acceptors (Lipinski definition) is 24. The summed E-state index contributed by atoms with van der Waals surface area (Å²) in [5, 5.41) is 40.9. The molecule has 15 rings (SSSR count). The second-order valence-corrected chi connectivity index (χ2v) is 30.2. The number of rotatable bonds is 27. The Labute approximate surface area is 648 Å². The monoisotopic (exact) mass is 1560 g/mol. The van der Waals surface area contributed by atoms with Crippen molar-refractivity contribution in [2.24, 2.45) is 11.8 Å². The largest absolute Gasteiger partial charge is 0.454 e. The highest BCUT2D eigenvalue weighted by Gasteiger charge is 2.57. The maximum atomic E-state index is 13.2. The van der Waals surface area contributed by atoms with Gasteiger partial charge in [-0.15, -0.1) is 0 Å². The first-order valence-corrected chi connectivity index (χ1v) is 37.7. The molecule has 6 aromatic heterocycles. The minimum Gasteiger partial charge on any atom is -0.454 e. The fraction of sp³-hybridized carbons (Fsp3) is 0.338. The predicted octanol–water partition coefficient (Wildman–Crippen LogP) is 16.5. The summed E-state index contributed by atoms with van der Waals surface area (Å²) in [6.07, 6.45) is -2.49. The van der Waals surface area contributed by atoms with Gasteiger partial charge in [-0.05, 0) is 188 Å². The fourth-order valence-electron chi connectivity index (χ4n) is 11.6. The lowest BCUT2D eigenvalue weighted by Crippen LogP contribution is -2.66. The van der Waals surface area contributed by atoms with Crippen molar-refractivity contribution < 1.29 is 57.3 Å². The van der Waals surface area contributed by atoms with Crippen molar-refractivity contribution in [3.63, 3.8) is 0 Å². The quantitative estimate of drug-likeness (QED) is 0.0131. The van der Waals surface area contributed by atoms with E-state index in [0.29, 0.717) is 80.8 Å². The summed E-state index contributed by atoms with van der Waals surface area (Å²) in [6, 6.07) is 38.7. The van der Waals surface area contributed by atoms with Crippen LogP contribution in [0.5, 0.6) is 0 Å². The summed E-state index contributed by atoms with van der Waals surface area (Å²) in [6.45, 7) is 11.0. The lowest BCUT2D eigenvalue weighted by Gasteiger charge is -2.50. The Morgan fingerprint density at radius 2 is 0.982 bits per heavy atom. The molecule has 0 bridgehead atoms. The Kier molecular flexibility index (Phi) is 23.9. The molecule has 27 nitrogen and oxygen atoms in total. The number of nitrogens with zero attached hydrogens (tertiary/aromatic N) is 13. The molecule has 10 aromatic rings. The third-order valence-corrected chi connectivity index (χ3v) is 20.3. The first-order chi connectivity index (χ1) is 52.4. The molecule has 2 saturated carbocycles. The van der Waals surface area contributed by atoms with Crippen LogP contribution in [0.3, 0.4) is 0 Å². The zero-order valence-corrected chi connectivity index (χ0v) is 62.5. The van der Waals surface area contributed by atoms with Gasteiger partial charge in [0.1, 0.15) is 40.5 Å². The molecule has 2 aliphatic carbocycles. The fourth-order valence-corrected chi connectivity index (χ4v) is 13.9. The van der Waals surface area contributed by atoms with E-state index in [0.717, 1.165) is 120 Å². The SMILES string of the molecule is Cc1cc(Nc2cc(N3CC(OC(=O)CN(C)C)(C4CC4)C3)nc(Sc3ccc(NC(=O)C4CC4)cc3)n2)n[nH]1.Cc1cc(Nc2cc(N3CCC3)nc(Sc3ccc(NC(=O)CCC(F)(F)F)cc3)n2)n[nH]1.Cc1cc(Nc2cc(N3CCC3)nc(Sc3ccc(NC(=O)c4ccccc4C(F)F)cc3)n2)n[nH]1.[HH].[HH].[HH].[HH].[HH].[HH].[HH].[HH]. The molecule has 0 spiro atoms.